The molecule has 0 radical (unpaired) electrons. The van der Waals surface area contributed by atoms with E-state index in [1.807, 2.05) is 0 Å². The molecule has 4 N–H and O–H groups in total. The highest BCUT2D eigenvalue weighted by atomic mass is 35.5. The first-order valence-electron chi connectivity index (χ1n) is 5.43. The highest BCUT2D eigenvalue weighted by Crippen LogP contribution is 2.29. The molecule has 1 aromatic carbocycles. The lowest BCUT2D eigenvalue weighted by Gasteiger charge is -2.13. The summed E-state index contributed by atoms with van der Waals surface area (Å²) in [6, 6.07) is 5.66. The number of hydrogen-bond acceptors (Lipinski definition) is 4. The van der Waals surface area contributed by atoms with Gasteiger partial charge in [0.05, 0.1) is 22.3 Å². The molecule has 1 heterocycles. The molecule has 0 saturated carbocycles. The first-order chi connectivity index (χ1) is 8.20. The molecule has 0 fully saturated rings. The fourth-order valence-corrected chi connectivity index (χ4v) is 2.15. The van der Waals surface area contributed by atoms with Crippen molar-refractivity contribution in [2.45, 2.75) is 12.5 Å². The Bertz CT molecular complexity index is 413. The molecule has 1 atom stereocenters. The van der Waals surface area contributed by atoms with Crippen LogP contribution < -0.4 is 16.4 Å². The average molecular weight is 273 g/mol. The summed E-state index contributed by atoms with van der Waals surface area (Å²) in [5, 5.41) is 7.48. The lowest BCUT2D eigenvalue weighted by atomic mass is 10.2. The summed E-state index contributed by atoms with van der Waals surface area (Å²) in [7, 11) is 0. The largest absolute Gasteiger partial charge is 0.351 e. The van der Waals surface area contributed by atoms with Crippen LogP contribution in [0.25, 0.3) is 0 Å². The fraction of sp³-hybridized carbons (Fsp3) is 0.364. The highest BCUT2D eigenvalue weighted by Gasteiger charge is 2.17. The van der Waals surface area contributed by atoms with Gasteiger partial charge in [-0.3, -0.25) is 4.99 Å². The van der Waals surface area contributed by atoms with Crippen molar-refractivity contribution < 1.29 is 0 Å². The Morgan fingerprint density at radius 3 is 2.76 bits per heavy atom. The summed E-state index contributed by atoms with van der Waals surface area (Å²) in [4.78, 5) is 4.33. The maximum absolute atomic E-state index is 6.06. The minimum atomic E-state index is 0.295. The summed E-state index contributed by atoms with van der Waals surface area (Å²) in [5.74, 6) is 0.693. The molecule has 6 heteroatoms. The van der Waals surface area contributed by atoms with Crippen LogP contribution >= 0.6 is 23.2 Å². The Kier molecular flexibility index (Phi) is 4.10. The number of halogens is 2. The van der Waals surface area contributed by atoms with Crippen LogP contribution in [0.1, 0.15) is 6.42 Å². The van der Waals surface area contributed by atoms with Crippen molar-refractivity contribution in [1.82, 2.24) is 5.32 Å². The zero-order valence-corrected chi connectivity index (χ0v) is 10.7. The maximum Gasteiger partial charge on any atom is 0.196 e. The van der Waals surface area contributed by atoms with Crippen molar-refractivity contribution in [2.24, 2.45) is 10.7 Å². The van der Waals surface area contributed by atoms with E-state index in [-0.39, 0.29) is 0 Å². The molecule has 0 amide bonds. The number of nitrogens with two attached hydrogens (primary N) is 1. The van der Waals surface area contributed by atoms with E-state index in [0.29, 0.717) is 34.3 Å². The van der Waals surface area contributed by atoms with Gasteiger partial charge in [0.1, 0.15) is 0 Å². The Labute approximate surface area is 110 Å². The zero-order valence-electron chi connectivity index (χ0n) is 9.21. The molecule has 92 valence electrons. The molecular formula is C11H14Cl2N4. The van der Waals surface area contributed by atoms with E-state index in [9.17, 15) is 0 Å². The molecule has 0 aliphatic carbocycles. The third kappa shape index (κ3) is 3.03. The van der Waals surface area contributed by atoms with E-state index < -0.39 is 0 Å². The minimum absolute atomic E-state index is 0.295. The van der Waals surface area contributed by atoms with Crippen molar-refractivity contribution in [2.75, 3.05) is 18.4 Å². The van der Waals surface area contributed by atoms with E-state index in [4.69, 9.17) is 28.9 Å². The standard InChI is InChI=1S/C11H14Cl2N4/c12-8-2-1-3-9(13)10(8)17-11-15-6-7(16-11)4-5-14/h1-3,7H,4-6,14H2,(H2,15,16,17)/t7-/m1/s1. The quantitative estimate of drug-likeness (QED) is 0.790. The second kappa shape index (κ2) is 5.58. The van der Waals surface area contributed by atoms with Crippen molar-refractivity contribution >= 4 is 34.8 Å². The molecule has 1 aliphatic rings. The highest BCUT2D eigenvalue weighted by molar-refractivity contribution is 6.39. The number of benzene rings is 1. The van der Waals surface area contributed by atoms with Crippen LogP contribution in [0.5, 0.6) is 0 Å². The number of nitrogens with one attached hydrogen (secondary N) is 2. The lowest BCUT2D eigenvalue weighted by Crippen LogP contribution is -2.35. The number of hydrogen-bond donors (Lipinski definition) is 3. The van der Waals surface area contributed by atoms with E-state index >= 15 is 0 Å². The SMILES string of the molecule is NCC[C@@H]1CN=C(Nc2c(Cl)cccc2Cl)N1. The van der Waals surface area contributed by atoms with Gasteiger partial charge in [0, 0.05) is 6.04 Å². The number of guanidine groups is 1. The number of nitrogens with zero attached hydrogens (tertiary/aromatic N) is 1. The van der Waals surface area contributed by atoms with Crippen LogP contribution in [0.15, 0.2) is 23.2 Å². The third-order valence-corrected chi connectivity index (χ3v) is 3.16. The van der Waals surface area contributed by atoms with Crippen molar-refractivity contribution in [3.05, 3.63) is 28.2 Å². The van der Waals surface area contributed by atoms with Gasteiger partial charge in [-0.2, -0.15) is 0 Å². The zero-order chi connectivity index (χ0) is 12.3. The molecule has 0 saturated heterocycles. The number of aliphatic imine (C=N–C) groups is 1. The Balaban J connectivity index is 2.03. The van der Waals surface area contributed by atoms with Gasteiger partial charge in [-0.15, -0.1) is 0 Å². The van der Waals surface area contributed by atoms with E-state index in [1.165, 1.54) is 0 Å². The van der Waals surface area contributed by atoms with Crippen molar-refractivity contribution in [1.29, 1.82) is 0 Å². The van der Waals surface area contributed by atoms with Crippen LogP contribution in [-0.2, 0) is 0 Å². The van der Waals surface area contributed by atoms with Gasteiger partial charge in [-0.05, 0) is 25.1 Å². The van der Waals surface area contributed by atoms with Crippen LogP contribution in [-0.4, -0.2) is 25.1 Å². The molecular weight excluding hydrogens is 259 g/mol. The predicted octanol–water partition coefficient (Wildman–Crippen LogP) is 2.08. The van der Waals surface area contributed by atoms with Gasteiger partial charge in [0.15, 0.2) is 5.96 Å². The summed E-state index contributed by atoms with van der Waals surface area (Å²) >= 11 is 12.1. The average Bonchev–Trinajstić information content (AvgIpc) is 2.72. The van der Waals surface area contributed by atoms with Gasteiger partial charge < -0.3 is 16.4 Å². The molecule has 0 aromatic heterocycles. The second-order valence-corrected chi connectivity index (χ2v) is 4.64. The topological polar surface area (TPSA) is 62.4 Å². The Hall–Kier alpha value is -0.970. The molecule has 0 spiro atoms. The monoisotopic (exact) mass is 272 g/mol. The first kappa shape index (κ1) is 12.5. The summed E-state index contributed by atoms with van der Waals surface area (Å²) in [6.45, 7) is 1.37. The van der Waals surface area contributed by atoms with Gasteiger partial charge in [-0.1, -0.05) is 29.3 Å². The molecule has 0 bridgehead atoms. The summed E-state index contributed by atoms with van der Waals surface area (Å²) < 4.78 is 0. The van der Waals surface area contributed by atoms with Gasteiger partial charge in [-0.25, -0.2) is 0 Å². The first-order valence-corrected chi connectivity index (χ1v) is 6.18. The van der Waals surface area contributed by atoms with Crippen LogP contribution in [0.2, 0.25) is 10.0 Å². The van der Waals surface area contributed by atoms with Crippen molar-refractivity contribution in [3.63, 3.8) is 0 Å². The van der Waals surface area contributed by atoms with E-state index in [2.05, 4.69) is 15.6 Å². The van der Waals surface area contributed by atoms with Gasteiger partial charge in [0.2, 0.25) is 0 Å². The number of rotatable bonds is 3. The number of para-hydroxylation sites is 1. The molecule has 2 rings (SSSR count). The predicted molar refractivity (Wildman–Crippen MR) is 73.0 cm³/mol. The number of anilines is 1. The molecule has 17 heavy (non-hydrogen) atoms. The van der Waals surface area contributed by atoms with E-state index in [1.54, 1.807) is 18.2 Å². The smallest absolute Gasteiger partial charge is 0.196 e. The second-order valence-electron chi connectivity index (χ2n) is 3.83. The Morgan fingerprint density at radius 2 is 2.12 bits per heavy atom. The maximum atomic E-state index is 6.06. The van der Waals surface area contributed by atoms with Gasteiger partial charge in [0.25, 0.3) is 0 Å². The minimum Gasteiger partial charge on any atom is -0.351 e. The van der Waals surface area contributed by atoms with Crippen LogP contribution in [0.3, 0.4) is 0 Å². The van der Waals surface area contributed by atoms with E-state index in [0.717, 1.165) is 13.0 Å². The van der Waals surface area contributed by atoms with Gasteiger partial charge >= 0.3 is 0 Å². The summed E-state index contributed by atoms with van der Waals surface area (Å²) in [6.07, 6.45) is 0.894. The molecule has 1 aliphatic heterocycles. The normalized spacial score (nSPS) is 18.8. The molecule has 1 aromatic rings. The van der Waals surface area contributed by atoms with Crippen LogP contribution in [0, 0.1) is 0 Å². The van der Waals surface area contributed by atoms with Crippen LogP contribution in [0.4, 0.5) is 5.69 Å². The molecule has 0 unspecified atom stereocenters. The lowest BCUT2D eigenvalue weighted by molar-refractivity contribution is 0.609. The summed E-state index contributed by atoms with van der Waals surface area (Å²) in [5.41, 5.74) is 6.18. The Morgan fingerprint density at radius 1 is 1.41 bits per heavy atom. The third-order valence-electron chi connectivity index (χ3n) is 2.53. The fourth-order valence-electron chi connectivity index (χ4n) is 1.66. The molecule has 4 nitrogen and oxygen atoms in total. The van der Waals surface area contributed by atoms with Crippen molar-refractivity contribution in [3.8, 4) is 0 Å².